The quantitative estimate of drug-likeness (QED) is 0.458. The Morgan fingerprint density at radius 1 is 1.46 bits per heavy atom. The van der Waals surface area contributed by atoms with E-state index in [0.717, 1.165) is 13.1 Å². The molecule has 0 fully saturated rings. The van der Waals surface area contributed by atoms with E-state index < -0.39 is 6.10 Å². The van der Waals surface area contributed by atoms with Gasteiger partial charge in [-0.2, -0.15) is 0 Å². The van der Waals surface area contributed by atoms with Gasteiger partial charge < -0.3 is 14.7 Å². The lowest BCUT2D eigenvalue weighted by Crippen LogP contribution is -2.34. The van der Waals surface area contributed by atoms with Crippen LogP contribution in [0, 0.1) is 12.3 Å². The van der Waals surface area contributed by atoms with E-state index in [-0.39, 0.29) is 6.61 Å². The van der Waals surface area contributed by atoms with Crippen LogP contribution < -0.4 is 0 Å². The summed E-state index contributed by atoms with van der Waals surface area (Å²) in [4.78, 5) is 2.14. The molecule has 0 radical (unpaired) electrons. The first kappa shape index (κ1) is 12.4. The largest absolute Gasteiger partial charge is 0.389 e. The van der Waals surface area contributed by atoms with Crippen molar-refractivity contribution in [3.8, 4) is 12.3 Å². The molecule has 0 spiro atoms. The monoisotopic (exact) mass is 185 g/mol. The van der Waals surface area contributed by atoms with E-state index >= 15 is 0 Å². The molecule has 0 amide bonds. The number of ether oxygens (including phenoxy) is 1. The molecule has 0 aromatic rings. The predicted octanol–water partition coefficient (Wildman–Crippen LogP) is 0.339. The lowest BCUT2D eigenvalue weighted by molar-refractivity contribution is 0.0298. The van der Waals surface area contributed by atoms with E-state index in [0.29, 0.717) is 13.2 Å². The molecule has 0 rings (SSSR count). The average molecular weight is 185 g/mol. The van der Waals surface area contributed by atoms with Crippen molar-refractivity contribution in [3.63, 3.8) is 0 Å². The maximum absolute atomic E-state index is 9.47. The minimum Gasteiger partial charge on any atom is -0.389 e. The van der Waals surface area contributed by atoms with Gasteiger partial charge in [0.05, 0.1) is 12.7 Å². The van der Waals surface area contributed by atoms with Crippen molar-refractivity contribution in [3.05, 3.63) is 0 Å². The summed E-state index contributed by atoms with van der Waals surface area (Å²) in [5.41, 5.74) is 0. The minimum atomic E-state index is -0.437. The van der Waals surface area contributed by atoms with Gasteiger partial charge in [0, 0.05) is 6.54 Å². The van der Waals surface area contributed by atoms with E-state index in [4.69, 9.17) is 11.2 Å². The van der Waals surface area contributed by atoms with Crippen LogP contribution >= 0.6 is 0 Å². The van der Waals surface area contributed by atoms with Crippen LogP contribution in [0.3, 0.4) is 0 Å². The van der Waals surface area contributed by atoms with Crippen molar-refractivity contribution in [1.29, 1.82) is 0 Å². The first-order chi connectivity index (χ1) is 6.24. The summed E-state index contributed by atoms with van der Waals surface area (Å²) in [7, 11) is 0. The highest BCUT2D eigenvalue weighted by molar-refractivity contribution is 4.83. The van der Waals surface area contributed by atoms with E-state index in [1.165, 1.54) is 0 Å². The van der Waals surface area contributed by atoms with Crippen LogP contribution in [0.4, 0.5) is 0 Å². The van der Waals surface area contributed by atoms with Crippen LogP contribution in [0.1, 0.15) is 13.8 Å². The van der Waals surface area contributed by atoms with Gasteiger partial charge in [-0.1, -0.05) is 19.8 Å². The maximum atomic E-state index is 9.47. The minimum absolute atomic E-state index is 0.273. The fraction of sp³-hybridized carbons (Fsp3) is 0.800. The summed E-state index contributed by atoms with van der Waals surface area (Å²) in [6.45, 7) is 7.27. The molecule has 13 heavy (non-hydrogen) atoms. The molecule has 0 aliphatic heterocycles. The number of rotatable bonds is 7. The highest BCUT2D eigenvalue weighted by Crippen LogP contribution is 1.92. The Hall–Kier alpha value is -0.560. The smallest absolute Gasteiger partial charge is 0.107 e. The van der Waals surface area contributed by atoms with Gasteiger partial charge in [-0.05, 0) is 13.1 Å². The number of nitrogens with zero attached hydrogens (tertiary/aromatic N) is 1. The van der Waals surface area contributed by atoms with Crippen molar-refractivity contribution in [1.82, 2.24) is 4.90 Å². The van der Waals surface area contributed by atoms with Gasteiger partial charge in [-0.3, -0.25) is 0 Å². The molecule has 0 aliphatic carbocycles. The Bertz CT molecular complexity index is 149. The van der Waals surface area contributed by atoms with Crippen molar-refractivity contribution in [2.75, 3.05) is 32.8 Å². The lowest BCUT2D eigenvalue weighted by atomic mass is 10.3. The van der Waals surface area contributed by atoms with E-state index in [1.54, 1.807) is 0 Å². The first-order valence-electron chi connectivity index (χ1n) is 4.66. The molecule has 0 aromatic carbocycles. The third kappa shape index (κ3) is 6.59. The van der Waals surface area contributed by atoms with E-state index in [1.807, 2.05) is 0 Å². The third-order valence-corrected chi connectivity index (χ3v) is 1.86. The van der Waals surface area contributed by atoms with Gasteiger partial charge in [-0.25, -0.2) is 0 Å². The van der Waals surface area contributed by atoms with Gasteiger partial charge >= 0.3 is 0 Å². The number of aliphatic hydroxyl groups excluding tert-OH is 1. The van der Waals surface area contributed by atoms with E-state index in [9.17, 15) is 5.11 Å². The molecule has 0 aliphatic rings. The zero-order valence-corrected chi connectivity index (χ0v) is 8.49. The lowest BCUT2D eigenvalue weighted by Gasteiger charge is -2.21. The Balaban J connectivity index is 3.48. The van der Waals surface area contributed by atoms with Crippen LogP contribution in [0.5, 0.6) is 0 Å². The molecule has 0 aromatic heterocycles. The highest BCUT2D eigenvalue weighted by Gasteiger charge is 2.08. The molecule has 3 heteroatoms. The predicted molar refractivity (Wildman–Crippen MR) is 53.4 cm³/mol. The normalized spacial score (nSPS) is 12.8. The summed E-state index contributed by atoms with van der Waals surface area (Å²) in [5, 5.41) is 9.47. The second-order valence-corrected chi connectivity index (χ2v) is 2.86. The maximum Gasteiger partial charge on any atom is 0.107 e. The van der Waals surface area contributed by atoms with Gasteiger partial charge in [0.25, 0.3) is 0 Å². The van der Waals surface area contributed by atoms with Gasteiger partial charge in [0.2, 0.25) is 0 Å². The molecule has 1 N–H and O–H groups in total. The second-order valence-electron chi connectivity index (χ2n) is 2.86. The Labute approximate surface area is 80.7 Å². The molecule has 0 heterocycles. The average Bonchev–Trinajstić information content (AvgIpc) is 2.14. The zero-order valence-electron chi connectivity index (χ0n) is 8.49. The van der Waals surface area contributed by atoms with Crippen molar-refractivity contribution >= 4 is 0 Å². The van der Waals surface area contributed by atoms with Crippen molar-refractivity contribution in [2.24, 2.45) is 0 Å². The molecule has 0 unspecified atom stereocenters. The van der Waals surface area contributed by atoms with Gasteiger partial charge in [0.15, 0.2) is 0 Å². The summed E-state index contributed by atoms with van der Waals surface area (Å²) in [6.07, 6.45) is 4.56. The van der Waals surface area contributed by atoms with Crippen LogP contribution in [0.15, 0.2) is 0 Å². The Kier molecular flexibility index (Phi) is 7.71. The summed E-state index contributed by atoms with van der Waals surface area (Å²) in [6, 6.07) is 0. The molecular formula is C10H19NO2. The summed E-state index contributed by atoms with van der Waals surface area (Å²) < 4.78 is 5.02. The number of aliphatic hydroxyl groups is 1. The van der Waals surface area contributed by atoms with Crippen molar-refractivity contribution < 1.29 is 9.84 Å². The zero-order chi connectivity index (χ0) is 10.1. The van der Waals surface area contributed by atoms with Crippen LogP contribution in [0.2, 0.25) is 0 Å². The number of terminal acetylenes is 1. The SMILES string of the molecule is C#CCOC[C@@H](O)CN(CC)CC. The van der Waals surface area contributed by atoms with Crippen LogP contribution in [-0.4, -0.2) is 49.0 Å². The third-order valence-electron chi connectivity index (χ3n) is 1.86. The molecule has 3 nitrogen and oxygen atoms in total. The van der Waals surface area contributed by atoms with Gasteiger partial charge in [0.1, 0.15) is 6.61 Å². The molecule has 1 atom stereocenters. The Morgan fingerprint density at radius 3 is 2.54 bits per heavy atom. The standard InChI is InChI=1S/C10H19NO2/c1-4-7-13-9-10(12)8-11(5-2)6-3/h1,10,12H,5-9H2,2-3H3/t10-/m0/s1. The summed E-state index contributed by atoms with van der Waals surface area (Å²) in [5.74, 6) is 2.36. The first-order valence-corrected chi connectivity index (χ1v) is 4.66. The molecule has 0 saturated heterocycles. The second kappa shape index (κ2) is 8.06. The number of likely N-dealkylation sites (N-methyl/N-ethyl adjacent to an activating group) is 1. The Morgan fingerprint density at radius 2 is 2.08 bits per heavy atom. The van der Waals surface area contributed by atoms with Crippen molar-refractivity contribution in [2.45, 2.75) is 20.0 Å². The fourth-order valence-electron chi connectivity index (χ4n) is 1.09. The molecule has 0 saturated carbocycles. The van der Waals surface area contributed by atoms with Crippen LogP contribution in [0.25, 0.3) is 0 Å². The summed E-state index contributed by atoms with van der Waals surface area (Å²) >= 11 is 0. The molecule has 0 bridgehead atoms. The fourth-order valence-corrected chi connectivity index (χ4v) is 1.09. The number of hydrogen-bond acceptors (Lipinski definition) is 3. The van der Waals surface area contributed by atoms with Crippen LogP contribution in [-0.2, 0) is 4.74 Å². The topological polar surface area (TPSA) is 32.7 Å². The van der Waals surface area contributed by atoms with E-state index in [2.05, 4.69) is 24.7 Å². The molecular weight excluding hydrogens is 166 g/mol. The molecule has 76 valence electrons. The van der Waals surface area contributed by atoms with Gasteiger partial charge in [-0.15, -0.1) is 6.42 Å². The number of hydrogen-bond donors (Lipinski definition) is 1. The highest BCUT2D eigenvalue weighted by atomic mass is 16.5.